The van der Waals surface area contributed by atoms with E-state index in [0.29, 0.717) is 24.5 Å². The number of amides is 1. The Labute approximate surface area is 109 Å². The van der Waals surface area contributed by atoms with Crippen LogP contribution >= 0.6 is 0 Å². The molecule has 0 bridgehead atoms. The van der Waals surface area contributed by atoms with Gasteiger partial charge in [-0.1, -0.05) is 6.42 Å². The van der Waals surface area contributed by atoms with Crippen molar-refractivity contribution in [3.05, 3.63) is 0 Å². The Morgan fingerprint density at radius 2 is 2.06 bits per heavy atom. The van der Waals surface area contributed by atoms with Crippen molar-refractivity contribution < 1.29 is 4.79 Å². The first-order valence-electron chi connectivity index (χ1n) is 7.54. The fourth-order valence-electron chi connectivity index (χ4n) is 4.20. The van der Waals surface area contributed by atoms with Crippen LogP contribution in [0.5, 0.6) is 0 Å². The monoisotopic (exact) mass is 251 g/mol. The van der Waals surface area contributed by atoms with Gasteiger partial charge >= 0.3 is 0 Å². The topological polar surface area (TPSA) is 58.4 Å². The second kappa shape index (κ2) is 5.17. The third kappa shape index (κ3) is 2.16. The minimum atomic E-state index is 0.186. The molecule has 3 fully saturated rings. The van der Waals surface area contributed by atoms with Gasteiger partial charge < -0.3 is 11.1 Å². The van der Waals surface area contributed by atoms with Crippen molar-refractivity contribution in [1.29, 1.82) is 0 Å². The molecule has 1 saturated carbocycles. The number of hydrogen-bond acceptors (Lipinski definition) is 3. The van der Waals surface area contributed by atoms with Crippen LogP contribution in [0.25, 0.3) is 0 Å². The van der Waals surface area contributed by atoms with Crippen LogP contribution in [-0.4, -0.2) is 42.5 Å². The van der Waals surface area contributed by atoms with Gasteiger partial charge in [0, 0.05) is 24.5 Å². The number of carbonyl (C=O) groups excluding carboxylic acids is 1. The summed E-state index contributed by atoms with van der Waals surface area (Å²) in [5.41, 5.74) is 5.77. The molecule has 4 unspecified atom stereocenters. The van der Waals surface area contributed by atoms with Crippen molar-refractivity contribution in [2.24, 2.45) is 17.6 Å². The molecule has 2 saturated heterocycles. The number of nitrogens with one attached hydrogen (secondary N) is 1. The second-order valence-corrected chi connectivity index (χ2v) is 6.18. The zero-order valence-electron chi connectivity index (χ0n) is 11.1. The molecular formula is C14H25N3O. The van der Waals surface area contributed by atoms with Crippen LogP contribution in [0.1, 0.15) is 38.5 Å². The molecule has 102 valence electrons. The van der Waals surface area contributed by atoms with Crippen LogP contribution in [0, 0.1) is 11.8 Å². The Morgan fingerprint density at radius 1 is 1.17 bits per heavy atom. The summed E-state index contributed by atoms with van der Waals surface area (Å²) in [6.45, 7) is 3.06. The number of rotatable bonds is 3. The smallest absolute Gasteiger partial charge is 0.223 e. The summed E-state index contributed by atoms with van der Waals surface area (Å²) < 4.78 is 0. The standard InChI is InChI=1S/C14H25N3O/c15-9-10-3-1-4-11(10)14(18)16-12-6-8-17-7-2-5-13(12)17/h10-13H,1-9,15H2,(H,16,18). The molecule has 3 rings (SSSR count). The molecular weight excluding hydrogens is 226 g/mol. The molecule has 0 aromatic rings. The first kappa shape index (κ1) is 12.4. The molecule has 4 heteroatoms. The van der Waals surface area contributed by atoms with Crippen molar-refractivity contribution in [3.63, 3.8) is 0 Å². The molecule has 18 heavy (non-hydrogen) atoms. The van der Waals surface area contributed by atoms with Gasteiger partial charge in [0.2, 0.25) is 5.91 Å². The van der Waals surface area contributed by atoms with Gasteiger partial charge in [0.15, 0.2) is 0 Å². The zero-order chi connectivity index (χ0) is 12.5. The van der Waals surface area contributed by atoms with E-state index in [0.717, 1.165) is 19.3 Å². The van der Waals surface area contributed by atoms with E-state index in [1.165, 1.54) is 32.4 Å². The van der Waals surface area contributed by atoms with Gasteiger partial charge in [0.1, 0.15) is 0 Å². The van der Waals surface area contributed by atoms with Crippen molar-refractivity contribution >= 4 is 5.91 Å². The van der Waals surface area contributed by atoms with Crippen LogP contribution < -0.4 is 11.1 Å². The average molecular weight is 251 g/mol. The molecule has 4 atom stereocenters. The van der Waals surface area contributed by atoms with E-state index in [1.54, 1.807) is 0 Å². The normalized spacial score (nSPS) is 40.1. The molecule has 0 radical (unpaired) electrons. The SMILES string of the molecule is NCC1CCCC1C(=O)NC1CCN2CCCC12. The number of nitrogens with zero attached hydrogens (tertiary/aromatic N) is 1. The van der Waals surface area contributed by atoms with Crippen LogP contribution in [0.3, 0.4) is 0 Å². The Kier molecular flexibility index (Phi) is 3.57. The lowest BCUT2D eigenvalue weighted by Crippen LogP contribution is -2.45. The molecule has 0 spiro atoms. The lowest BCUT2D eigenvalue weighted by Gasteiger charge is -2.24. The van der Waals surface area contributed by atoms with Gasteiger partial charge in [-0.3, -0.25) is 9.69 Å². The molecule has 2 heterocycles. The molecule has 3 aliphatic rings. The summed E-state index contributed by atoms with van der Waals surface area (Å²) >= 11 is 0. The predicted molar refractivity (Wildman–Crippen MR) is 71.0 cm³/mol. The van der Waals surface area contributed by atoms with E-state index in [4.69, 9.17) is 5.73 Å². The Hall–Kier alpha value is -0.610. The Bertz CT molecular complexity index is 320. The molecule has 1 aliphatic carbocycles. The molecule has 4 nitrogen and oxygen atoms in total. The minimum Gasteiger partial charge on any atom is -0.351 e. The maximum atomic E-state index is 12.4. The maximum Gasteiger partial charge on any atom is 0.223 e. The molecule has 0 aromatic carbocycles. The van der Waals surface area contributed by atoms with Crippen molar-refractivity contribution in [1.82, 2.24) is 10.2 Å². The van der Waals surface area contributed by atoms with Crippen LogP contribution in [0.4, 0.5) is 0 Å². The highest BCUT2D eigenvalue weighted by atomic mass is 16.2. The summed E-state index contributed by atoms with van der Waals surface area (Å²) in [4.78, 5) is 14.9. The Balaban J connectivity index is 1.57. The first-order chi connectivity index (χ1) is 8.79. The van der Waals surface area contributed by atoms with Gasteiger partial charge in [-0.2, -0.15) is 0 Å². The van der Waals surface area contributed by atoms with Crippen molar-refractivity contribution in [2.45, 2.75) is 50.6 Å². The minimum absolute atomic E-state index is 0.186. The predicted octanol–water partition coefficient (Wildman–Crippen LogP) is 0.714. The van der Waals surface area contributed by atoms with Crippen molar-refractivity contribution in [2.75, 3.05) is 19.6 Å². The molecule has 0 aromatic heterocycles. The van der Waals surface area contributed by atoms with Crippen LogP contribution in [0.2, 0.25) is 0 Å². The fourth-order valence-corrected chi connectivity index (χ4v) is 4.20. The van der Waals surface area contributed by atoms with Gasteiger partial charge in [0.05, 0.1) is 0 Å². The molecule has 3 N–H and O–H groups in total. The summed E-state index contributed by atoms with van der Waals surface area (Å²) in [5.74, 6) is 0.887. The number of carbonyl (C=O) groups is 1. The maximum absolute atomic E-state index is 12.4. The molecule has 1 amide bonds. The lowest BCUT2D eigenvalue weighted by atomic mass is 9.94. The van der Waals surface area contributed by atoms with Crippen LogP contribution in [0.15, 0.2) is 0 Å². The number of hydrogen-bond donors (Lipinski definition) is 2. The summed E-state index contributed by atoms with van der Waals surface area (Å²) in [6.07, 6.45) is 7.03. The van der Waals surface area contributed by atoms with E-state index in [9.17, 15) is 4.79 Å². The largest absolute Gasteiger partial charge is 0.351 e. The highest BCUT2D eigenvalue weighted by Crippen LogP contribution is 2.32. The summed E-state index contributed by atoms with van der Waals surface area (Å²) in [6, 6.07) is 1.02. The van der Waals surface area contributed by atoms with E-state index in [1.807, 2.05) is 0 Å². The second-order valence-electron chi connectivity index (χ2n) is 6.18. The summed E-state index contributed by atoms with van der Waals surface area (Å²) in [7, 11) is 0. The fraction of sp³-hybridized carbons (Fsp3) is 0.929. The highest BCUT2D eigenvalue weighted by Gasteiger charge is 2.40. The first-order valence-corrected chi connectivity index (χ1v) is 7.54. The van der Waals surface area contributed by atoms with Gasteiger partial charge in [-0.25, -0.2) is 0 Å². The van der Waals surface area contributed by atoms with E-state index < -0.39 is 0 Å². The van der Waals surface area contributed by atoms with E-state index in [2.05, 4.69) is 10.2 Å². The van der Waals surface area contributed by atoms with Crippen molar-refractivity contribution in [3.8, 4) is 0 Å². The van der Waals surface area contributed by atoms with Gasteiger partial charge in [-0.15, -0.1) is 0 Å². The third-order valence-electron chi connectivity index (χ3n) is 5.23. The van der Waals surface area contributed by atoms with Gasteiger partial charge in [0.25, 0.3) is 0 Å². The third-order valence-corrected chi connectivity index (χ3v) is 5.23. The Morgan fingerprint density at radius 3 is 2.89 bits per heavy atom. The average Bonchev–Trinajstić information content (AvgIpc) is 3.04. The highest BCUT2D eigenvalue weighted by molar-refractivity contribution is 5.79. The molecule has 2 aliphatic heterocycles. The van der Waals surface area contributed by atoms with E-state index >= 15 is 0 Å². The number of nitrogens with two attached hydrogens (primary N) is 1. The quantitative estimate of drug-likeness (QED) is 0.777. The van der Waals surface area contributed by atoms with Gasteiger partial charge in [-0.05, 0) is 51.1 Å². The van der Waals surface area contributed by atoms with E-state index in [-0.39, 0.29) is 11.8 Å². The van der Waals surface area contributed by atoms with Crippen LogP contribution in [-0.2, 0) is 4.79 Å². The summed E-state index contributed by atoms with van der Waals surface area (Å²) in [5, 5.41) is 3.32. The number of fused-ring (bicyclic) bond motifs is 1. The zero-order valence-corrected chi connectivity index (χ0v) is 11.1. The lowest BCUT2D eigenvalue weighted by molar-refractivity contribution is -0.126.